The standard InChI is InChI=1S/C24H21ClF2N6O3/c25-17-3-1-2-13(21(17)27)7-29-24(35)18-6-15(26)8-33(18)19(34)10-32-9-16(14-4-5-36-11-14)20-22(28)30-12-31-23(20)32/h1-5,9,11-12,15,18H,6-8,10H2,(H,29,35)(H2,28,30,31)/t15-,18+/m1/s1. The van der Waals surface area contributed by atoms with Crippen molar-refractivity contribution in [3.05, 3.63) is 65.7 Å². The van der Waals surface area contributed by atoms with Crippen LogP contribution in [-0.2, 0) is 22.7 Å². The quantitative estimate of drug-likeness (QED) is 0.407. The first kappa shape index (κ1) is 23.7. The van der Waals surface area contributed by atoms with Gasteiger partial charge in [-0.3, -0.25) is 9.59 Å². The molecule has 0 unspecified atom stereocenters. The number of aromatic nitrogens is 3. The van der Waals surface area contributed by atoms with Gasteiger partial charge in [0, 0.05) is 35.9 Å². The highest BCUT2D eigenvalue weighted by molar-refractivity contribution is 6.30. The van der Waals surface area contributed by atoms with Crippen LogP contribution in [0, 0.1) is 5.82 Å². The van der Waals surface area contributed by atoms with Gasteiger partial charge in [-0.05, 0) is 12.1 Å². The van der Waals surface area contributed by atoms with E-state index in [1.807, 2.05) is 0 Å². The molecule has 0 saturated carbocycles. The molecule has 0 spiro atoms. The number of halogens is 3. The average Bonchev–Trinajstić information content (AvgIpc) is 3.59. The topological polar surface area (TPSA) is 119 Å². The van der Waals surface area contributed by atoms with Gasteiger partial charge in [-0.25, -0.2) is 18.7 Å². The Bertz CT molecular complexity index is 1440. The maximum Gasteiger partial charge on any atom is 0.243 e. The summed E-state index contributed by atoms with van der Waals surface area (Å²) in [7, 11) is 0. The number of carbonyl (C=O) groups excluding carboxylic acids is 2. The maximum absolute atomic E-state index is 14.4. The predicted molar refractivity (Wildman–Crippen MR) is 128 cm³/mol. The molecule has 9 nitrogen and oxygen atoms in total. The molecule has 5 rings (SSSR count). The van der Waals surface area contributed by atoms with Crippen molar-refractivity contribution in [3.8, 4) is 11.1 Å². The second-order valence-electron chi connectivity index (χ2n) is 8.47. The molecule has 1 aromatic carbocycles. The van der Waals surface area contributed by atoms with Crippen LogP contribution in [0.3, 0.4) is 0 Å². The summed E-state index contributed by atoms with van der Waals surface area (Å²) in [5.74, 6) is -1.46. The molecule has 186 valence electrons. The van der Waals surface area contributed by atoms with Crippen molar-refractivity contribution >= 4 is 40.3 Å². The molecule has 4 aromatic rings. The molecule has 1 aliphatic rings. The number of hydrogen-bond acceptors (Lipinski definition) is 6. The van der Waals surface area contributed by atoms with E-state index in [1.54, 1.807) is 22.9 Å². The van der Waals surface area contributed by atoms with E-state index in [1.165, 1.54) is 35.9 Å². The van der Waals surface area contributed by atoms with Gasteiger partial charge in [0.15, 0.2) is 0 Å². The molecule has 3 N–H and O–H groups in total. The first-order valence-electron chi connectivity index (χ1n) is 11.1. The van der Waals surface area contributed by atoms with Crippen LogP contribution in [0.2, 0.25) is 5.02 Å². The van der Waals surface area contributed by atoms with Crippen molar-refractivity contribution in [1.82, 2.24) is 24.8 Å². The van der Waals surface area contributed by atoms with Crippen molar-refractivity contribution in [1.29, 1.82) is 0 Å². The van der Waals surface area contributed by atoms with Crippen LogP contribution < -0.4 is 11.1 Å². The SMILES string of the molecule is Nc1ncnc2c1c(-c1ccoc1)cn2CC(=O)N1C[C@H](F)C[C@H]1C(=O)NCc1cccc(Cl)c1F. The molecular weight excluding hydrogens is 494 g/mol. The maximum atomic E-state index is 14.4. The molecule has 1 aliphatic heterocycles. The van der Waals surface area contributed by atoms with E-state index in [0.29, 0.717) is 16.6 Å². The average molecular weight is 515 g/mol. The lowest BCUT2D eigenvalue weighted by atomic mass is 10.1. The molecule has 2 atom stereocenters. The highest BCUT2D eigenvalue weighted by atomic mass is 35.5. The van der Waals surface area contributed by atoms with Gasteiger partial charge in [0.1, 0.15) is 42.4 Å². The van der Waals surface area contributed by atoms with Gasteiger partial charge in [-0.2, -0.15) is 0 Å². The number of nitrogens with zero attached hydrogens (tertiary/aromatic N) is 4. The van der Waals surface area contributed by atoms with Crippen LogP contribution in [0.15, 0.2) is 53.7 Å². The van der Waals surface area contributed by atoms with E-state index in [-0.39, 0.29) is 42.5 Å². The van der Waals surface area contributed by atoms with E-state index in [9.17, 15) is 18.4 Å². The fourth-order valence-corrected chi connectivity index (χ4v) is 4.63. The number of nitrogen functional groups attached to an aromatic ring is 1. The molecule has 1 saturated heterocycles. The third kappa shape index (κ3) is 4.37. The van der Waals surface area contributed by atoms with Crippen LogP contribution in [0.4, 0.5) is 14.6 Å². The number of nitrogens with two attached hydrogens (primary N) is 1. The lowest BCUT2D eigenvalue weighted by Gasteiger charge is -2.24. The summed E-state index contributed by atoms with van der Waals surface area (Å²) in [6, 6.07) is 5.15. The molecule has 12 heteroatoms. The van der Waals surface area contributed by atoms with Crippen molar-refractivity contribution in [2.75, 3.05) is 12.3 Å². The zero-order valence-corrected chi connectivity index (χ0v) is 19.6. The van der Waals surface area contributed by atoms with Crippen molar-refractivity contribution < 1.29 is 22.8 Å². The van der Waals surface area contributed by atoms with E-state index < -0.39 is 29.8 Å². The molecule has 1 fully saturated rings. The van der Waals surface area contributed by atoms with Crippen LogP contribution in [0.25, 0.3) is 22.2 Å². The number of fused-ring (bicyclic) bond motifs is 1. The first-order chi connectivity index (χ1) is 17.3. The molecule has 0 bridgehead atoms. The van der Waals surface area contributed by atoms with Gasteiger partial charge in [-0.1, -0.05) is 23.7 Å². The minimum Gasteiger partial charge on any atom is -0.472 e. The number of likely N-dealkylation sites (tertiary alicyclic amines) is 1. The molecule has 0 aliphatic carbocycles. The predicted octanol–water partition coefficient (Wildman–Crippen LogP) is 3.32. The fraction of sp³-hybridized carbons (Fsp3) is 0.250. The van der Waals surface area contributed by atoms with E-state index in [2.05, 4.69) is 15.3 Å². The van der Waals surface area contributed by atoms with Gasteiger partial charge < -0.3 is 24.9 Å². The Labute approximate surface area is 208 Å². The van der Waals surface area contributed by atoms with Crippen LogP contribution in [0.1, 0.15) is 12.0 Å². The number of nitrogens with one attached hydrogen (secondary N) is 1. The zero-order valence-electron chi connectivity index (χ0n) is 18.8. The normalized spacial score (nSPS) is 17.6. The summed E-state index contributed by atoms with van der Waals surface area (Å²) in [5.41, 5.74) is 8.08. The van der Waals surface area contributed by atoms with Gasteiger partial charge in [-0.15, -0.1) is 0 Å². The fourth-order valence-electron chi connectivity index (χ4n) is 4.43. The highest BCUT2D eigenvalue weighted by Crippen LogP contribution is 2.33. The van der Waals surface area contributed by atoms with Gasteiger partial charge in [0.25, 0.3) is 0 Å². The molecule has 4 heterocycles. The van der Waals surface area contributed by atoms with Gasteiger partial charge >= 0.3 is 0 Å². The van der Waals surface area contributed by atoms with E-state index in [0.717, 1.165) is 5.56 Å². The highest BCUT2D eigenvalue weighted by Gasteiger charge is 2.40. The molecular formula is C24H21ClF2N6O3. The summed E-state index contributed by atoms with van der Waals surface area (Å²) in [4.78, 5) is 35.6. The summed E-state index contributed by atoms with van der Waals surface area (Å²) >= 11 is 5.79. The number of anilines is 1. The minimum atomic E-state index is -1.37. The Balaban J connectivity index is 1.36. The summed E-state index contributed by atoms with van der Waals surface area (Å²) in [5, 5.41) is 3.07. The third-order valence-electron chi connectivity index (χ3n) is 6.18. The number of furan rings is 1. The number of alkyl halides is 1. The molecule has 0 radical (unpaired) electrons. The number of amides is 2. The first-order valence-corrected chi connectivity index (χ1v) is 11.5. The summed E-state index contributed by atoms with van der Waals surface area (Å²) in [6.45, 7) is -0.579. The largest absolute Gasteiger partial charge is 0.472 e. The Morgan fingerprint density at radius 2 is 2.11 bits per heavy atom. The Kier molecular flexibility index (Phi) is 6.31. The minimum absolute atomic E-state index is 0.0681. The van der Waals surface area contributed by atoms with Crippen LogP contribution in [0.5, 0.6) is 0 Å². The van der Waals surface area contributed by atoms with Gasteiger partial charge in [0.05, 0.1) is 29.5 Å². The van der Waals surface area contributed by atoms with E-state index in [4.69, 9.17) is 21.8 Å². The number of carbonyl (C=O) groups is 2. The Morgan fingerprint density at radius 1 is 1.28 bits per heavy atom. The second kappa shape index (κ2) is 9.57. The smallest absolute Gasteiger partial charge is 0.243 e. The third-order valence-corrected chi connectivity index (χ3v) is 6.47. The molecule has 2 amide bonds. The monoisotopic (exact) mass is 514 g/mol. The van der Waals surface area contributed by atoms with E-state index >= 15 is 0 Å². The van der Waals surface area contributed by atoms with Crippen LogP contribution >= 0.6 is 11.6 Å². The van der Waals surface area contributed by atoms with Crippen molar-refractivity contribution in [2.45, 2.75) is 31.7 Å². The Morgan fingerprint density at radius 3 is 2.89 bits per heavy atom. The number of hydrogen-bond donors (Lipinski definition) is 2. The zero-order chi connectivity index (χ0) is 25.4. The Hall–Kier alpha value is -3.99. The second-order valence-corrected chi connectivity index (χ2v) is 8.87. The number of benzene rings is 1. The van der Waals surface area contributed by atoms with Gasteiger partial charge in [0.2, 0.25) is 11.8 Å². The lowest BCUT2D eigenvalue weighted by Crippen LogP contribution is -2.46. The lowest BCUT2D eigenvalue weighted by molar-refractivity contribution is -0.139. The summed E-state index contributed by atoms with van der Waals surface area (Å²) < 4.78 is 35.3. The number of rotatable bonds is 6. The van der Waals surface area contributed by atoms with Crippen molar-refractivity contribution in [3.63, 3.8) is 0 Å². The summed E-state index contributed by atoms with van der Waals surface area (Å²) in [6.07, 6.45) is 4.50. The molecule has 3 aromatic heterocycles. The van der Waals surface area contributed by atoms with Crippen LogP contribution in [-0.4, -0.2) is 50.0 Å². The van der Waals surface area contributed by atoms with Crippen molar-refractivity contribution in [2.24, 2.45) is 0 Å². The molecule has 36 heavy (non-hydrogen) atoms.